The molecule has 2 N–H and O–H groups in total. The normalized spacial score (nSPS) is 18.5. The van der Waals surface area contributed by atoms with Gasteiger partial charge in [-0.1, -0.05) is 6.07 Å². The predicted molar refractivity (Wildman–Crippen MR) is 74.1 cm³/mol. The van der Waals surface area contributed by atoms with E-state index in [4.69, 9.17) is 15.2 Å². The summed E-state index contributed by atoms with van der Waals surface area (Å²) in [6.07, 6.45) is 4.43. The molecule has 4 nitrogen and oxygen atoms in total. The standard InChI is InChI=1S/C15H21NO3/c1-11-6-7-12(16)10-14(11)15(17)19-9-3-5-13-4-2-8-18-13/h6-7,10,13H,2-5,8-9,16H2,1H3. The Morgan fingerprint density at radius 2 is 2.37 bits per heavy atom. The number of carbonyl (C=O) groups excluding carboxylic acids is 1. The monoisotopic (exact) mass is 263 g/mol. The zero-order chi connectivity index (χ0) is 13.7. The summed E-state index contributed by atoms with van der Waals surface area (Å²) in [6, 6.07) is 5.28. The van der Waals surface area contributed by atoms with Crippen LogP contribution < -0.4 is 5.73 Å². The summed E-state index contributed by atoms with van der Waals surface area (Å²) >= 11 is 0. The minimum atomic E-state index is -0.294. The molecule has 1 fully saturated rings. The number of carbonyl (C=O) groups is 1. The first-order valence-corrected chi connectivity index (χ1v) is 6.81. The summed E-state index contributed by atoms with van der Waals surface area (Å²) in [4.78, 5) is 11.9. The van der Waals surface area contributed by atoms with Gasteiger partial charge in [0.2, 0.25) is 0 Å². The third-order valence-electron chi connectivity index (χ3n) is 3.41. The first kappa shape index (κ1) is 13.9. The molecule has 1 atom stereocenters. The number of hydrogen-bond acceptors (Lipinski definition) is 4. The molecule has 1 unspecified atom stereocenters. The van der Waals surface area contributed by atoms with Crippen molar-refractivity contribution in [2.45, 2.75) is 38.7 Å². The molecule has 0 saturated carbocycles. The van der Waals surface area contributed by atoms with E-state index < -0.39 is 0 Å². The highest BCUT2D eigenvalue weighted by molar-refractivity contribution is 5.92. The minimum Gasteiger partial charge on any atom is -0.462 e. The van der Waals surface area contributed by atoms with E-state index in [9.17, 15) is 4.79 Å². The molecule has 1 aromatic rings. The molecule has 1 aromatic carbocycles. The average molecular weight is 263 g/mol. The van der Waals surface area contributed by atoms with E-state index in [1.54, 1.807) is 12.1 Å². The van der Waals surface area contributed by atoms with Gasteiger partial charge in [-0.2, -0.15) is 0 Å². The maximum absolute atomic E-state index is 11.9. The molecule has 2 rings (SSSR count). The average Bonchev–Trinajstić information content (AvgIpc) is 2.90. The van der Waals surface area contributed by atoms with Crippen LogP contribution >= 0.6 is 0 Å². The second kappa shape index (κ2) is 6.57. The Balaban J connectivity index is 1.75. The van der Waals surface area contributed by atoms with Crippen molar-refractivity contribution in [3.63, 3.8) is 0 Å². The first-order chi connectivity index (χ1) is 9.16. The molecule has 0 spiro atoms. The Morgan fingerprint density at radius 3 is 3.11 bits per heavy atom. The Labute approximate surface area is 113 Å². The van der Waals surface area contributed by atoms with E-state index in [1.165, 1.54) is 0 Å². The van der Waals surface area contributed by atoms with Gasteiger partial charge in [0.25, 0.3) is 0 Å². The van der Waals surface area contributed by atoms with E-state index in [0.717, 1.165) is 37.9 Å². The quantitative estimate of drug-likeness (QED) is 0.504. The van der Waals surface area contributed by atoms with E-state index >= 15 is 0 Å². The van der Waals surface area contributed by atoms with Crippen LogP contribution in [0.25, 0.3) is 0 Å². The van der Waals surface area contributed by atoms with Gasteiger partial charge in [-0.15, -0.1) is 0 Å². The first-order valence-electron chi connectivity index (χ1n) is 6.81. The molecule has 0 aliphatic carbocycles. The number of hydrogen-bond donors (Lipinski definition) is 1. The minimum absolute atomic E-state index is 0.294. The van der Waals surface area contributed by atoms with Gasteiger partial charge in [-0.05, 0) is 50.3 Å². The van der Waals surface area contributed by atoms with Crippen LogP contribution in [0.4, 0.5) is 5.69 Å². The fraction of sp³-hybridized carbons (Fsp3) is 0.533. The summed E-state index contributed by atoms with van der Waals surface area (Å²) in [6.45, 7) is 3.18. The van der Waals surface area contributed by atoms with E-state index in [2.05, 4.69) is 0 Å². The fourth-order valence-electron chi connectivity index (χ4n) is 2.29. The summed E-state index contributed by atoms with van der Waals surface area (Å²) in [5.74, 6) is -0.294. The second-order valence-corrected chi connectivity index (χ2v) is 4.99. The van der Waals surface area contributed by atoms with Crippen molar-refractivity contribution in [3.8, 4) is 0 Å². The Kier molecular flexibility index (Phi) is 4.80. The molecule has 0 radical (unpaired) electrons. The van der Waals surface area contributed by atoms with E-state index in [0.29, 0.717) is 24.0 Å². The second-order valence-electron chi connectivity index (χ2n) is 4.99. The number of esters is 1. The molecular weight excluding hydrogens is 242 g/mol. The summed E-state index contributed by atoms with van der Waals surface area (Å²) < 4.78 is 10.8. The summed E-state index contributed by atoms with van der Waals surface area (Å²) in [5, 5.41) is 0. The summed E-state index contributed by atoms with van der Waals surface area (Å²) in [7, 11) is 0. The lowest BCUT2D eigenvalue weighted by Gasteiger charge is -2.10. The highest BCUT2D eigenvalue weighted by Gasteiger charge is 2.15. The molecule has 4 heteroatoms. The van der Waals surface area contributed by atoms with Crippen molar-refractivity contribution in [3.05, 3.63) is 29.3 Å². The van der Waals surface area contributed by atoms with Gasteiger partial charge >= 0.3 is 5.97 Å². The van der Waals surface area contributed by atoms with Gasteiger partial charge in [0.15, 0.2) is 0 Å². The van der Waals surface area contributed by atoms with Crippen molar-refractivity contribution in [2.75, 3.05) is 18.9 Å². The summed E-state index contributed by atoms with van der Waals surface area (Å²) in [5.41, 5.74) is 7.70. The zero-order valence-electron chi connectivity index (χ0n) is 11.4. The number of rotatable bonds is 5. The van der Waals surface area contributed by atoms with Crippen LogP contribution in [0.5, 0.6) is 0 Å². The van der Waals surface area contributed by atoms with Crippen molar-refractivity contribution >= 4 is 11.7 Å². The molecule has 1 saturated heterocycles. The van der Waals surface area contributed by atoms with Gasteiger partial charge < -0.3 is 15.2 Å². The molecule has 1 heterocycles. The maximum atomic E-state index is 11.9. The van der Waals surface area contributed by atoms with Crippen LogP contribution in [-0.2, 0) is 9.47 Å². The molecule has 0 bridgehead atoms. The van der Waals surface area contributed by atoms with Crippen LogP contribution in [0.2, 0.25) is 0 Å². The van der Waals surface area contributed by atoms with Crippen molar-refractivity contribution < 1.29 is 14.3 Å². The van der Waals surface area contributed by atoms with Crippen LogP contribution in [0.15, 0.2) is 18.2 Å². The topological polar surface area (TPSA) is 61.6 Å². The molecular formula is C15H21NO3. The number of ether oxygens (including phenoxy) is 2. The number of nitrogen functional groups attached to an aromatic ring is 1. The Bertz CT molecular complexity index is 439. The van der Waals surface area contributed by atoms with Crippen LogP contribution in [0, 0.1) is 6.92 Å². The van der Waals surface area contributed by atoms with Gasteiger partial charge in [-0.25, -0.2) is 4.79 Å². The van der Waals surface area contributed by atoms with Gasteiger partial charge in [0.05, 0.1) is 18.3 Å². The van der Waals surface area contributed by atoms with Crippen LogP contribution in [0.1, 0.15) is 41.6 Å². The molecule has 1 aliphatic rings. The zero-order valence-corrected chi connectivity index (χ0v) is 11.4. The van der Waals surface area contributed by atoms with E-state index in [1.807, 2.05) is 13.0 Å². The van der Waals surface area contributed by atoms with Crippen LogP contribution in [-0.4, -0.2) is 25.3 Å². The van der Waals surface area contributed by atoms with Crippen molar-refractivity contribution in [1.82, 2.24) is 0 Å². The molecule has 19 heavy (non-hydrogen) atoms. The lowest BCUT2D eigenvalue weighted by Crippen LogP contribution is -2.11. The van der Waals surface area contributed by atoms with Gasteiger partial charge in [0, 0.05) is 12.3 Å². The third-order valence-corrected chi connectivity index (χ3v) is 3.41. The van der Waals surface area contributed by atoms with Crippen molar-refractivity contribution in [1.29, 1.82) is 0 Å². The molecule has 104 valence electrons. The SMILES string of the molecule is Cc1ccc(N)cc1C(=O)OCCCC1CCCO1. The molecule has 0 amide bonds. The lowest BCUT2D eigenvalue weighted by atomic mass is 10.1. The van der Waals surface area contributed by atoms with Gasteiger partial charge in [0.1, 0.15) is 0 Å². The van der Waals surface area contributed by atoms with Crippen molar-refractivity contribution in [2.24, 2.45) is 0 Å². The number of nitrogens with two attached hydrogens (primary N) is 1. The maximum Gasteiger partial charge on any atom is 0.338 e. The highest BCUT2D eigenvalue weighted by atomic mass is 16.5. The van der Waals surface area contributed by atoms with E-state index in [-0.39, 0.29) is 5.97 Å². The Morgan fingerprint density at radius 1 is 1.53 bits per heavy atom. The fourth-order valence-corrected chi connectivity index (χ4v) is 2.29. The lowest BCUT2D eigenvalue weighted by molar-refractivity contribution is 0.0460. The highest BCUT2D eigenvalue weighted by Crippen LogP contribution is 2.17. The number of aryl methyl sites for hydroxylation is 1. The number of benzene rings is 1. The van der Waals surface area contributed by atoms with Crippen LogP contribution in [0.3, 0.4) is 0 Å². The molecule has 0 aromatic heterocycles. The van der Waals surface area contributed by atoms with Gasteiger partial charge in [-0.3, -0.25) is 0 Å². The molecule has 1 aliphatic heterocycles. The third kappa shape index (κ3) is 3.96. The number of anilines is 1. The smallest absolute Gasteiger partial charge is 0.338 e. The largest absolute Gasteiger partial charge is 0.462 e. The predicted octanol–water partition coefficient (Wildman–Crippen LogP) is 2.69. The Hall–Kier alpha value is -1.55.